The van der Waals surface area contributed by atoms with E-state index < -0.39 is 0 Å². The molecule has 1 rings (SSSR count). The first-order valence-corrected chi connectivity index (χ1v) is 5.83. The van der Waals surface area contributed by atoms with Gasteiger partial charge < -0.3 is 20.7 Å². The van der Waals surface area contributed by atoms with Gasteiger partial charge in [-0.15, -0.1) is 0 Å². The predicted octanol–water partition coefficient (Wildman–Crippen LogP) is 0.821. The Bertz CT molecular complexity index is 341. The molecule has 1 heterocycles. The number of nitrogens with two attached hydrogens (primary N) is 1. The molecule has 0 spiro atoms. The maximum Gasteiger partial charge on any atom is 0.242 e. The Labute approximate surface area is 102 Å². The quantitative estimate of drug-likeness (QED) is 0.733. The first-order valence-electron chi connectivity index (χ1n) is 5.83. The van der Waals surface area contributed by atoms with Crippen LogP contribution in [0.25, 0.3) is 0 Å². The maximum atomic E-state index is 5.85. The first-order chi connectivity index (χ1) is 8.22. The van der Waals surface area contributed by atoms with Crippen LogP contribution in [0.4, 0.5) is 11.5 Å². The topological polar surface area (TPSA) is 76.3 Å². The van der Waals surface area contributed by atoms with Crippen molar-refractivity contribution in [2.45, 2.75) is 13.8 Å². The van der Waals surface area contributed by atoms with Crippen LogP contribution in [0.15, 0.2) is 6.33 Å². The molecule has 0 aliphatic heterocycles. The first kappa shape index (κ1) is 13.5. The van der Waals surface area contributed by atoms with E-state index in [-0.39, 0.29) is 0 Å². The van der Waals surface area contributed by atoms with Gasteiger partial charge >= 0.3 is 0 Å². The zero-order valence-corrected chi connectivity index (χ0v) is 10.7. The fourth-order valence-electron chi connectivity index (χ4n) is 1.56. The van der Waals surface area contributed by atoms with Crippen LogP contribution in [0.1, 0.15) is 13.8 Å². The van der Waals surface area contributed by atoms with Gasteiger partial charge in [0.15, 0.2) is 5.82 Å². The maximum absolute atomic E-state index is 5.85. The minimum absolute atomic E-state index is 0.408. The van der Waals surface area contributed by atoms with E-state index in [1.807, 2.05) is 0 Å². The van der Waals surface area contributed by atoms with E-state index in [2.05, 4.69) is 34.0 Å². The lowest BCUT2D eigenvalue weighted by Crippen LogP contribution is -2.29. The van der Waals surface area contributed by atoms with Gasteiger partial charge in [0.1, 0.15) is 12.0 Å². The second-order valence-corrected chi connectivity index (χ2v) is 3.60. The fraction of sp³-hybridized carbons (Fsp3) is 0.636. The van der Waals surface area contributed by atoms with Crippen LogP contribution in [-0.4, -0.2) is 48.2 Å². The summed E-state index contributed by atoms with van der Waals surface area (Å²) in [6, 6.07) is 0. The molecule has 0 amide bonds. The highest BCUT2D eigenvalue weighted by Crippen LogP contribution is 2.23. The zero-order valence-electron chi connectivity index (χ0n) is 10.7. The number of methoxy groups -OCH3 is 1. The molecule has 0 fully saturated rings. The van der Waals surface area contributed by atoms with Gasteiger partial charge in [0.05, 0.1) is 7.11 Å². The van der Waals surface area contributed by atoms with E-state index in [0.717, 1.165) is 26.2 Å². The van der Waals surface area contributed by atoms with Gasteiger partial charge in [-0.05, 0) is 13.1 Å². The number of hydrogen-bond acceptors (Lipinski definition) is 6. The lowest BCUT2D eigenvalue weighted by molar-refractivity contribution is 0.316. The number of ether oxygens (including phenoxy) is 1. The largest absolute Gasteiger partial charge is 0.479 e. The molecule has 0 bridgehead atoms. The van der Waals surface area contributed by atoms with E-state index in [1.54, 1.807) is 7.11 Å². The van der Waals surface area contributed by atoms with E-state index in [0.29, 0.717) is 17.4 Å². The van der Waals surface area contributed by atoms with Crippen LogP contribution in [0.2, 0.25) is 0 Å². The average Bonchev–Trinajstić information content (AvgIpc) is 2.36. The van der Waals surface area contributed by atoms with Crippen molar-refractivity contribution >= 4 is 11.5 Å². The van der Waals surface area contributed by atoms with Crippen LogP contribution in [0.5, 0.6) is 5.88 Å². The van der Waals surface area contributed by atoms with Gasteiger partial charge in [0, 0.05) is 13.1 Å². The van der Waals surface area contributed by atoms with E-state index in [1.165, 1.54) is 6.33 Å². The van der Waals surface area contributed by atoms with Crippen LogP contribution in [0, 0.1) is 0 Å². The average molecular weight is 239 g/mol. The predicted molar refractivity (Wildman–Crippen MR) is 69.3 cm³/mol. The normalized spacial score (nSPS) is 10.6. The number of nitrogens with zero attached hydrogens (tertiary/aromatic N) is 3. The molecule has 1 aromatic heterocycles. The van der Waals surface area contributed by atoms with Crippen molar-refractivity contribution in [3.63, 3.8) is 0 Å². The molecule has 0 aliphatic carbocycles. The Morgan fingerprint density at radius 1 is 1.35 bits per heavy atom. The van der Waals surface area contributed by atoms with Crippen LogP contribution in [-0.2, 0) is 0 Å². The number of likely N-dealkylation sites (N-methyl/N-ethyl adjacent to an activating group) is 1. The minimum atomic E-state index is 0.408. The number of anilines is 2. The Kier molecular flexibility index (Phi) is 5.48. The standard InChI is InChI=1S/C11H21N5O/c1-4-16(5-2)7-6-13-10-9(12)11(17-3)15-8-14-10/h8H,4-7,12H2,1-3H3,(H,13,14,15). The molecule has 0 aliphatic rings. The van der Waals surface area contributed by atoms with Crippen molar-refractivity contribution in [2.75, 3.05) is 44.3 Å². The smallest absolute Gasteiger partial charge is 0.242 e. The molecule has 3 N–H and O–H groups in total. The molecule has 0 saturated carbocycles. The van der Waals surface area contributed by atoms with Crippen molar-refractivity contribution in [3.05, 3.63) is 6.33 Å². The van der Waals surface area contributed by atoms with Crippen molar-refractivity contribution in [1.29, 1.82) is 0 Å². The van der Waals surface area contributed by atoms with E-state index >= 15 is 0 Å². The molecule has 96 valence electrons. The summed E-state index contributed by atoms with van der Waals surface area (Å²) in [7, 11) is 1.54. The van der Waals surface area contributed by atoms with Crippen LogP contribution in [0.3, 0.4) is 0 Å². The van der Waals surface area contributed by atoms with Crippen molar-refractivity contribution in [2.24, 2.45) is 0 Å². The number of rotatable bonds is 7. The summed E-state index contributed by atoms with van der Waals surface area (Å²) in [4.78, 5) is 10.3. The highest BCUT2D eigenvalue weighted by Gasteiger charge is 2.07. The summed E-state index contributed by atoms with van der Waals surface area (Å²) in [6.45, 7) is 8.13. The summed E-state index contributed by atoms with van der Waals surface area (Å²) in [5, 5.41) is 3.19. The highest BCUT2D eigenvalue weighted by molar-refractivity contribution is 5.66. The lowest BCUT2D eigenvalue weighted by Gasteiger charge is -2.18. The van der Waals surface area contributed by atoms with Crippen LogP contribution >= 0.6 is 0 Å². The Morgan fingerprint density at radius 3 is 2.65 bits per heavy atom. The molecule has 1 aromatic rings. The second-order valence-electron chi connectivity index (χ2n) is 3.60. The van der Waals surface area contributed by atoms with E-state index in [9.17, 15) is 0 Å². The van der Waals surface area contributed by atoms with Crippen molar-refractivity contribution in [3.8, 4) is 5.88 Å². The molecule has 6 heteroatoms. The van der Waals surface area contributed by atoms with Gasteiger partial charge in [-0.25, -0.2) is 4.98 Å². The highest BCUT2D eigenvalue weighted by atomic mass is 16.5. The summed E-state index contributed by atoms with van der Waals surface area (Å²) in [5.41, 5.74) is 6.30. The fourth-order valence-corrected chi connectivity index (χ4v) is 1.56. The third-order valence-corrected chi connectivity index (χ3v) is 2.66. The van der Waals surface area contributed by atoms with Gasteiger partial charge in [-0.3, -0.25) is 0 Å². The number of nitrogens with one attached hydrogen (secondary N) is 1. The monoisotopic (exact) mass is 239 g/mol. The minimum Gasteiger partial charge on any atom is -0.479 e. The van der Waals surface area contributed by atoms with Gasteiger partial charge in [0.25, 0.3) is 0 Å². The van der Waals surface area contributed by atoms with E-state index in [4.69, 9.17) is 10.5 Å². The van der Waals surface area contributed by atoms with Crippen molar-refractivity contribution in [1.82, 2.24) is 14.9 Å². The molecule has 6 nitrogen and oxygen atoms in total. The van der Waals surface area contributed by atoms with Gasteiger partial charge in [-0.1, -0.05) is 13.8 Å². The molecule has 0 unspecified atom stereocenters. The second kappa shape index (κ2) is 6.90. The van der Waals surface area contributed by atoms with Crippen molar-refractivity contribution < 1.29 is 4.74 Å². The molecular weight excluding hydrogens is 218 g/mol. The Hall–Kier alpha value is -1.56. The number of aromatic nitrogens is 2. The third-order valence-electron chi connectivity index (χ3n) is 2.66. The molecule has 0 atom stereocenters. The molecule has 0 radical (unpaired) electrons. The summed E-state index contributed by atoms with van der Waals surface area (Å²) >= 11 is 0. The summed E-state index contributed by atoms with van der Waals surface area (Å²) in [5.74, 6) is 1.04. The summed E-state index contributed by atoms with van der Waals surface area (Å²) in [6.07, 6.45) is 1.44. The molecule has 0 saturated heterocycles. The zero-order chi connectivity index (χ0) is 12.7. The molecule has 17 heavy (non-hydrogen) atoms. The Morgan fingerprint density at radius 2 is 2.06 bits per heavy atom. The molecular formula is C11H21N5O. The van der Waals surface area contributed by atoms with Gasteiger partial charge in [0.2, 0.25) is 5.88 Å². The van der Waals surface area contributed by atoms with Gasteiger partial charge in [-0.2, -0.15) is 4.98 Å². The molecule has 0 aromatic carbocycles. The summed E-state index contributed by atoms with van der Waals surface area (Å²) < 4.78 is 5.03. The number of nitrogen functional groups attached to an aromatic ring is 1. The Balaban J connectivity index is 2.52. The SMILES string of the molecule is CCN(CC)CCNc1ncnc(OC)c1N. The number of hydrogen-bond donors (Lipinski definition) is 2. The third kappa shape index (κ3) is 3.74. The van der Waals surface area contributed by atoms with Crippen LogP contribution < -0.4 is 15.8 Å². The lowest BCUT2D eigenvalue weighted by atomic mass is 10.4.